The Balaban J connectivity index is 1.92. The number of anilines is 3. The summed E-state index contributed by atoms with van der Waals surface area (Å²) in [5.41, 5.74) is 6.64. The predicted octanol–water partition coefficient (Wildman–Crippen LogP) is 1.65. The van der Waals surface area contributed by atoms with E-state index < -0.39 is 11.2 Å². The molecule has 1 aromatic heterocycles. The molecular formula is C23H27N5O4. The Hall–Kier alpha value is -3.85. The molecule has 0 saturated heterocycles. The van der Waals surface area contributed by atoms with Crippen LogP contribution in [0.4, 0.5) is 17.2 Å². The third-order valence-electron chi connectivity index (χ3n) is 4.88. The van der Waals surface area contributed by atoms with Crippen molar-refractivity contribution in [1.82, 2.24) is 9.55 Å². The lowest BCUT2D eigenvalue weighted by Crippen LogP contribution is -2.42. The van der Waals surface area contributed by atoms with Gasteiger partial charge in [-0.1, -0.05) is 48.5 Å². The number of hydrogen-bond donors (Lipinski definition) is 3. The Bertz CT molecular complexity index is 1140. The molecule has 9 nitrogen and oxygen atoms in total. The van der Waals surface area contributed by atoms with Gasteiger partial charge >= 0.3 is 5.69 Å². The molecule has 2 aromatic carbocycles. The van der Waals surface area contributed by atoms with E-state index in [0.29, 0.717) is 25.3 Å². The maximum absolute atomic E-state index is 12.7. The summed E-state index contributed by atoms with van der Waals surface area (Å²) in [7, 11) is 1.58. The Morgan fingerprint density at radius 1 is 1.09 bits per heavy atom. The quantitative estimate of drug-likeness (QED) is 0.415. The number of aromatic nitrogens is 2. The lowest BCUT2D eigenvalue weighted by atomic mass is 10.2. The van der Waals surface area contributed by atoms with Gasteiger partial charge in [0.2, 0.25) is 5.91 Å². The summed E-state index contributed by atoms with van der Waals surface area (Å²) < 4.78 is 6.41. The zero-order valence-electron chi connectivity index (χ0n) is 17.9. The summed E-state index contributed by atoms with van der Waals surface area (Å²) in [6, 6.07) is 18.3. The summed E-state index contributed by atoms with van der Waals surface area (Å²) >= 11 is 0. The number of benzene rings is 2. The van der Waals surface area contributed by atoms with Crippen molar-refractivity contribution in [3.8, 4) is 0 Å². The molecule has 168 valence electrons. The molecule has 0 aliphatic rings. The van der Waals surface area contributed by atoms with E-state index in [4.69, 9.17) is 10.5 Å². The van der Waals surface area contributed by atoms with E-state index in [0.717, 1.165) is 5.56 Å². The number of aromatic amines is 1. The van der Waals surface area contributed by atoms with Crippen molar-refractivity contribution in [3.63, 3.8) is 0 Å². The number of nitrogens with one attached hydrogen (secondary N) is 2. The number of rotatable bonds is 10. The molecule has 1 heterocycles. The first-order chi connectivity index (χ1) is 15.5. The van der Waals surface area contributed by atoms with E-state index in [2.05, 4.69) is 10.3 Å². The van der Waals surface area contributed by atoms with Crippen molar-refractivity contribution in [2.75, 3.05) is 42.8 Å². The molecular weight excluding hydrogens is 410 g/mol. The van der Waals surface area contributed by atoms with Crippen LogP contribution in [0.2, 0.25) is 0 Å². The van der Waals surface area contributed by atoms with Crippen LogP contribution in [0.1, 0.15) is 12.0 Å². The Morgan fingerprint density at radius 2 is 1.75 bits per heavy atom. The van der Waals surface area contributed by atoms with Crippen LogP contribution in [0.5, 0.6) is 0 Å². The molecule has 0 unspecified atom stereocenters. The normalized spacial score (nSPS) is 10.7. The zero-order valence-corrected chi connectivity index (χ0v) is 17.9. The van der Waals surface area contributed by atoms with Crippen LogP contribution in [0.15, 0.2) is 70.3 Å². The van der Waals surface area contributed by atoms with E-state index in [1.165, 1.54) is 4.57 Å². The van der Waals surface area contributed by atoms with Crippen molar-refractivity contribution in [1.29, 1.82) is 0 Å². The lowest BCUT2D eigenvalue weighted by molar-refractivity contribution is -0.115. The zero-order chi connectivity index (χ0) is 22.9. The second-order valence-corrected chi connectivity index (χ2v) is 7.25. The minimum atomic E-state index is -0.637. The van der Waals surface area contributed by atoms with E-state index in [1.807, 2.05) is 48.5 Å². The number of amides is 1. The number of para-hydroxylation sites is 1. The number of methoxy groups -OCH3 is 1. The molecule has 1 amide bonds. The monoisotopic (exact) mass is 437 g/mol. The molecule has 32 heavy (non-hydrogen) atoms. The highest BCUT2D eigenvalue weighted by Gasteiger charge is 2.21. The molecule has 0 aliphatic heterocycles. The number of nitrogen functional groups attached to an aromatic ring is 1. The van der Waals surface area contributed by atoms with Gasteiger partial charge in [-0.05, 0) is 24.1 Å². The second-order valence-electron chi connectivity index (χ2n) is 7.25. The van der Waals surface area contributed by atoms with Gasteiger partial charge in [0, 0.05) is 25.9 Å². The molecule has 0 atom stereocenters. The fourth-order valence-corrected chi connectivity index (χ4v) is 3.37. The fraction of sp³-hybridized carbons (Fsp3) is 0.261. The SMILES string of the molecule is COCCCN(CC(=O)Nc1ccccc1)c1c(N)n(Cc2ccccc2)c(=O)[nH]c1=O. The minimum Gasteiger partial charge on any atom is -0.385 e. The Kier molecular flexibility index (Phi) is 7.82. The number of nitrogens with zero attached hydrogens (tertiary/aromatic N) is 2. The summed E-state index contributed by atoms with van der Waals surface area (Å²) in [5, 5.41) is 2.80. The van der Waals surface area contributed by atoms with Crippen LogP contribution in [0.3, 0.4) is 0 Å². The van der Waals surface area contributed by atoms with Gasteiger partial charge in [0.15, 0.2) is 0 Å². The average Bonchev–Trinajstić information content (AvgIpc) is 2.78. The number of hydrogen-bond acceptors (Lipinski definition) is 6. The maximum atomic E-state index is 12.7. The number of ether oxygens (including phenoxy) is 1. The van der Waals surface area contributed by atoms with Gasteiger partial charge in [-0.3, -0.25) is 19.1 Å². The molecule has 0 bridgehead atoms. The number of carbonyl (C=O) groups excluding carboxylic acids is 1. The molecule has 0 saturated carbocycles. The highest BCUT2D eigenvalue weighted by molar-refractivity contribution is 5.94. The van der Waals surface area contributed by atoms with Crippen molar-refractivity contribution in [2.45, 2.75) is 13.0 Å². The van der Waals surface area contributed by atoms with E-state index in [9.17, 15) is 14.4 Å². The molecule has 4 N–H and O–H groups in total. The molecule has 0 aliphatic carbocycles. The molecule has 3 rings (SSSR count). The van der Waals surface area contributed by atoms with Crippen LogP contribution in [-0.2, 0) is 16.1 Å². The first-order valence-electron chi connectivity index (χ1n) is 10.2. The maximum Gasteiger partial charge on any atom is 0.330 e. The fourth-order valence-electron chi connectivity index (χ4n) is 3.37. The molecule has 0 spiro atoms. The standard InChI is InChI=1S/C23H27N5O4/c1-32-14-8-13-27(16-19(29)25-18-11-6-3-7-12-18)20-21(24)28(23(31)26-22(20)30)15-17-9-4-2-5-10-17/h2-7,9-12H,8,13-16,24H2,1H3,(H,25,29)(H,26,30,31). The lowest BCUT2D eigenvalue weighted by Gasteiger charge is -2.25. The van der Waals surface area contributed by atoms with Crippen LogP contribution in [0.25, 0.3) is 0 Å². The van der Waals surface area contributed by atoms with E-state index in [-0.39, 0.29) is 30.5 Å². The van der Waals surface area contributed by atoms with Gasteiger partial charge in [0.25, 0.3) is 5.56 Å². The van der Waals surface area contributed by atoms with Crippen LogP contribution < -0.4 is 27.2 Å². The van der Waals surface area contributed by atoms with E-state index >= 15 is 0 Å². The molecule has 3 aromatic rings. The average molecular weight is 438 g/mol. The minimum absolute atomic E-state index is 0.00697. The summed E-state index contributed by atoms with van der Waals surface area (Å²) in [6.07, 6.45) is 0.561. The second kappa shape index (κ2) is 11.0. The summed E-state index contributed by atoms with van der Waals surface area (Å²) in [4.78, 5) is 41.8. The highest BCUT2D eigenvalue weighted by Crippen LogP contribution is 2.18. The highest BCUT2D eigenvalue weighted by atomic mass is 16.5. The first-order valence-corrected chi connectivity index (χ1v) is 10.2. The topological polar surface area (TPSA) is 122 Å². The van der Waals surface area contributed by atoms with Crippen LogP contribution >= 0.6 is 0 Å². The van der Waals surface area contributed by atoms with E-state index in [1.54, 1.807) is 24.1 Å². The predicted molar refractivity (Wildman–Crippen MR) is 125 cm³/mol. The largest absolute Gasteiger partial charge is 0.385 e. The Morgan fingerprint density at radius 3 is 2.41 bits per heavy atom. The van der Waals surface area contributed by atoms with Crippen LogP contribution in [0, 0.1) is 0 Å². The van der Waals surface area contributed by atoms with Gasteiger partial charge in [0.1, 0.15) is 11.5 Å². The molecule has 0 radical (unpaired) electrons. The third-order valence-corrected chi connectivity index (χ3v) is 4.88. The Labute approximate surface area is 185 Å². The van der Waals surface area contributed by atoms with Crippen molar-refractivity contribution in [2.24, 2.45) is 0 Å². The van der Waals surface area contributed by atoms with Gasteiger partial charge in [-0.25, -0.2) is 4.79 Å². The number of nitrogens with two attached hydrogens (primary N) is 1. The summed E-state index contributed by atoms with van der Waals surface area (Å²) in [6.45, 7) is 0.859. The van der Waals surface area contributed by atoms with Gasteiger partial charge < -0.3 is 20.7 Å². The first kappa shape index (κ1) is 22.8. The van der Waals surface area contributed by atoms with Gasteiger partial charge in [-0.15, -0.1) is 0 Å². The van der Waals surface area contributed by atoms with Crippen molar-refractivity contribution >= 4 is 23.1 Å². The van der Waals surface area contributed by atoms with Crippen molar-refractivity contribution < 1.29 is 9.53 Å². The molecule has 0 fully saturated rings. The van der Waals surface area contributed by atoms with Crippen molar-refractivity contribution in [3.05, 3.63) is 87.1 Å². The summed E-state index contributed by atoms with van der Waals surface area (Å²) in [5.74, 6) is -0.305. The molecule has 9 heteroatoms. The smallest absolute Gasteiger partial charge is 0.330 e. The van der Waals surface area contributed by atoms with Crippen LogP contribution in [-0.4, -0.2) is 42.3 Å². The van der Waals surface area contributed by atoms with Gasteiger partial charge in [0.05, 0.1) is 13.1 Å². The third kappa shape index (κ3) is 5.86. The number of H-pyrrole nitrogens is 1. The number of carbonyl (C=O) groups is 1. The van der Waals surface area contributed by atoms with Gasteiger partial charge in [-0.2, -0.15) is 0 Å².